The minimum absolute atomic E-state index is 0.283. The standard InChI is InChI=1S/C20H21N5O/c1-14-5-4-10-25(13-14)18-12-22-17(11-23-18)20(26)24-16-8-2-6-15-7-3-9-21-19(15)16/h2-3,6-9,11-12,14H,4-5,10,13H2,1H3,(H,24,26). The van der Waals surface area contributed by atoms with Crippen molar-refractivity contribution in [2.75, 3.05) is 23.3 Å². The van der Waals surface area contributed by atoms with Crippen molar-refractivity contribution in [1.82, 2.24) is 15.0 Å². The normalized spacial score (nSPS) is 17.3. The van der Waals surface area contributed by atoms with Crippen molar-refractivity contribution in [1.29, 1.82) is 0 Å². The maximum Gasteiger partial charge on any atom is 0.275 e. The van der Waals surface area contributed by atoms with Crippen LogP contribution in [0.1, 0.15) is 30.3 Å². The number of pyridine rings is 1. The second-order valence-corrected chi connectivity index (χ2v) is 6.79. The van der Waals surface area contributed by atoms with Gasteiger partial charge in [0.25, 0.3) is 5.91 Å². The molecule has 1 aliphatic rings. The number of rotatable bonds is 3. The fourth-order valence-electron chi connectivity index (χ4n) is 3.39. The third-order valence-electron chi connectivity index (χ3n) is 4.73. The smallest absolute Gasteiger partial charge is 0.275 e. The molecule has 1 amide bonds. The maximum atomic E-state index is 12.5. The Morgan fingerprint density at radius 2 is 2.04 bits per heavy atom. The molecule has 3 aromatic rings. The lowest BCUT2D eigenvalue weighted by atomic mass is 10.0. The van der Waals surface area contributed by atoms with Gasteiger partial charge >= 0.3 is 0 Å². The molecule has 1 aromatic carbocycles. The molecule has 0 radical (unpaired) electrons. The highest BCUT2D eigenvalue weighted by Crippen LogP contribution is 2.22. The third-order valence-corrected chi connectivity index (χ3v) is 4.73. The van der Waals surface area contributed by atoms with Crippen molar-refractivity contribution in [3.8, 4) is 0 Å². The van der Waals surface area contributed by atoms with Crippen LogP contribution in [0.5, 0.6) is 0 Å². The van der Waals surface area contributed by atoms with E-state index in [4.69, 9.17) is 0 Å². The molecule has 132 valence electrons. The number of piperidine rings is 1. The molecule has 0 saturated carbocycles. The van der Waals surface area contributed by atoms with E-state index in [1.54, 1.807) is 18.6 Å². The highest BCUT2D eigenvalue weighted by Gasteiger charge is 2.18. The van der Waals surface area contributed by atoms with Gasteiger partial charge in [0.15, 0.2) is 0 Å². The van der Waals surface area contributed by atoms with Gasteiger partial charge in [-0.3, -0.25) is 9.78 Å². The fourth-order valence-corrected chi connectivity index (χ4v) is 3.39. The van der Waals surface area contributed by atoms with E-state index in [0.29, 0.717) is 17.3 Å². The summed E-state index contributed by atoms with van der Waals surface area (Å²) in [5, 5.41) is 3.87. The average Bonchev–Trinajstić information content (AvgIpc) is 2.68. The van der Waals surface area contributed by atoms with Crippen LogP contribution < -0.4 is 10.2 Å². The molecule has 1 N–H and O–H groups in total. The Morgan fingerprint density at radius 3 is 2.85 bits per heavy atom. The predicted octanol–water partition coefficient (Wildman–Crippen LogP) is 3.51. The van der Waals surface area contributed by atoms with Gasteiger partial charge in [0.2, 0.25) is 0 Å². The topological polar surface area (TPSA) is 71.0 Å². The van der Waals surface area contributed by atoms with E-state index in [9.17, 15) is 4.79 Å². The first-order chi connectivity index (χ1) is 12.7. The van der Waals surface area contributed by atoms with Gasteiger partial charge < -0.3 is 10.2 Å². The van der Waals surface area contributed by atoms with Crippen molar-refractivity contribution < 1.29 is 4.79 Å². The van der Waals surface area contributed by atoms with Gasteiger partial charge in [0.1, 0.15) is 11.5 Å². The molecule has 0 bridgehead atoms. The molecule has 26 heavy (non-hydrogen) atoms. The van der Waals surface area contributed by atoms with Crippen LogP contribution in [0, 0.1) is 5.92 Å². The lowest BCUT2D eigenvalue weighted by molar-refractivity contribution is 0.102. The Kier molecular flexibility index (Phi) is 4.48. The van der Waals surface area contributed by atoms with Crippen molar-refractivity contribution in [2.45, 2.75) is 19.8 Å². The summed E-state index contributed by atoms with van der Waals surface area (Å²) in [5.41, 5.74) is 1.73. The number of aromatic nitrogens is 3. The molecular formula is C20H21N5O. The van der Waals surface area contributed by atoms with Gasteiger partial charge in [0.05, 0.1) is 23.6 Å². The monoisotopic (exact) mass is 347 g/mol. The first kappa shape index (κ1) is 16.4. The zero-order chi connectivity index (χ0) is 17.9. The van der Waals surface area contributed by atoms with Crippen molar-refractivity contribution in [3.05, 3.63) is 54.6 Å². The number of carbonyl (C=O) groups excluding carboxylic acids is 1. The van der Waals surface area contributed by atoms with Crippen molar-refractivity contribution in [3.63, 3.8) is 0 Å². The van der Waals surface area contributed by atoms with E-state index >= 15 is 0 Å². The Hall–Kier alpha value is -3.02. The minimum Gasteiger partial charge on any atom is -0.355 e. The highest BCUT2D eigenvalue weighted by molar-refractivity contribution is 6.07. The quantitative estimate of drug-likeness (QED) is 0.785. The predicted molar refractivity (Wildman–Crippen MR) is 102 cm³/mol. The van der Waals surface area contributed by atoms with Crippen LogP contribution in [0.15, 0.2) is 48.9 Å². The highest BCUT2D eigenvalue weighted by atomic mass is 16.1. The lowest BCUT2D eigenvalue weighted by Gasteiger charge is -2.31. The number of amides is 1. The summed E-state index contributed by atoms with van der Waals surface area (Å²) in [6.07, 6.45) is 7.37. The number of anilines is 2. The van der Waals surface area contributed by atoms with Crippen LogP contribution >= 0.6 is 0 Å². The van der Waals surface area contributed by atoms with Crippen LogP contribution in [0.2, 0.25) is 0 Å². The maximum absolute atomic E-state index is 12.5. The molecule has 6 heteroatoms. The number of nitrogens with zero attached hydrogens (tertiary/aromatic N) is 4. The number of para-hydroxylation sites is 1. The van der Waals surface area contributed by atoms with Gasteiger partial charge in [0, 0.05) is 24.7 Å². The Labute approximate surface area is 152 Å². The number of carbonyl (C=O) groups is 1. The molecule has 1 aliphatic heterocycles. The van der Waals surface area contributed by atoms with Crippen LogP contribution in [-0.2, 0) is 0 Å². The van der Waals surface area contributed by atoms with Gasteiger partial charge in [-0.15, -0.1) is 0 Å². The summed E-state index contributed by atoms with van der Waals surface area (Å²) in [6.45, 7) is 4.23. The molecule has 1 fully saturated rings. The van der Waals surface area contributed by atoms with Gasteiger partial charge in [-0.05, 0) is 30.9 Å². The van der Waals surface area contributed by atoms with E-state index in [1.807, 2.05) is 30.3 Å². The molecule has 1 unspecified atom stereocenters. The van der Waals surface area contributed by atoms with E-state index in [0.717, 1.165) is 29.8 Å². The Balaban J connectivity index is 1.51. The Morgan fingerprint density at radius 1 is 1.15 bits per heavy atom. The van der Waals surface area contributed by atoms with Crippen LogP contribution in [-0.4, -0.2) is 33.9 Å². The van der Waals surface area contributed by atoms with Crippen LogP contribution in [0.3, 0.4) is 0 Å². The third kappa shape index (κ3) is 3.35. The number of fused-ring (bicyclic) bond motifs is 1. The molecule has 4 rings (SSSR count). The van der Waals surface area contributed by atoms with Gasteiger partial charge in [-0.1, -0.05) is 25.1 Å². The SMILES string of the molecule is CC1CCCN(c2cnc(C(=O)Nc3cccc4cccnc34)cn2)C1. The summed E-state index contributed by atoms with van der Waals surface area (Å²) in [6, 6.07) is 9.54. The lowest BCUT2D eigenvalue weighted by Crippen LogP contribution is -2.35. The molecule has 2 aromatic heterocycles. The number of nitrogens with one attached hydrogen (secondary N) is 1. The number of hydrogen-bond acceptors (Lipinski definition) is 5. The summed E-state index contributed by atoms with van der Waals surface area (Å²) in [5.74, 6) is 1.21. The zero-order valence-electron chi connectivity index (χ0n) is 14.7. The van der Waals surface area contributed by atoms with Crippen LogP contribution in [0.4, 0.5) is 11.5 Å². The second kappa shape index (κ2) is 7.07. The zero-order valence-corrected chi connectivity index (χ0v) is 14.7. The fraction of sp³-hybridized carbons (Fsp3) is 0.300. The second-order valence-electron chi connectivity index (χ2n) is 6.79. The summed E-state index contributed by atoms with van der Waals surface area (Å²) in [4.78, 5) is 27.9. The molecular weight excluding hydrogens is 326 g/mol. The van der Waals surface area contributed by atoms with Crippen molar-refractivity contribution in [2.24, 2.45) is 5.92 Å². The molecule has 0 spiro atoms. The largest absolute Gasteiger partial charge is 0.355 e. The first-order valence-electron chi connectivity index (χ1n) is 8.93. The average molecular weight is 347 g/mol. The van der Waals surface area contributed by atoms with Gasteiger partial charge in [-0.2, -0.15) is 0 Å². The summed E-state index contributed by atoms with van der Waals surface area (Å²) < 4.78 is 0. The van der Waals surface area contributed by atoms with E-state index in [-0.39, 0.29) is 5.91 Å². The Bertz CT molecular complexity index is 920. The molecule has 1 atom stereocenters. The minimum atomic E-state index is -0.283. The summed E-state index contributed by atoms with van der Waals surface area (Å²) in [7, 11) is 0. The van der Waals surface area contributed by atoms with E-state index < -0.39 is 0 Å². The molecule has 3 heterocycles. The molecule has 6 nitrogen and oxygen atoms in total. The van der Waals surface area contributed by atoms with Crippen LogP contribution in [0.25, 0.3) is 10.9 Å². The van der Waals surface area contributed by atoms with Gasteiger partial charge in [-0.25, -0.2) is 9.97 Å². The van der Waals surface area contributed by atoms with E-state index in [1.165, 1.54) is 12.8 Å². The van der Waals surface area contributed by atoms with Crippen molar-refractivity contribution >= 4 is 28.3 Å². The summed E-state index contributed by atoms with van der Waals surface area (Å²) >= 11 is 0. The van der Waals surface area contributed by atoms with E-state index in [2.05, 4.69) is 32.1 Å². The molecule has 0 aliphatic carbocycles. The molecule has 1 saturated heterocycles. The number of hydrogen-bond donors (Lipinski definition) is 1. The number of benzene rings is 1. The first-order valence-corrected chi connectivity index (χ1v) is 8.93.